The van der Waals surface area contributed by atoms with Crippen molar-refractivity contribution in [3.05, 3.63) is 54.1 Å². The van der Waals surface area contributed by atoms with Gasteiger partial charge < -0.3 is 18.9 Å². The fourth-order valence-corrected chi connectivity index (χ4v) is 2.07. The zero-order chi connectivity index (χ0) is 17.4. The van der Waals surface area contributed by atoms with Crippen LogP contribution in [0.25, 0.3) is 0 Å². The summed E-state index contributed by atoms with van der Waals surface area (Å²) < 4.78 is 56.9. The molecule has 0 aromatic heterocycles. The molecule has 1 saturated heterocycles. The van der Waals surface area contributed by atoms with Crippen LogP contribution >= 0.6 is 0 Å². The molecule has 1 fully saturated rings. The number of alkyl halides is 3. The summed E-state index contributed by atoms with van der Waals surface area (Å²) in [6, 6.07) is 5.55. The predicted molar refractivity (Wildman–Crippen MR) is 81.5 cm³/mol. The maximum atomic E-state index is 12.1. The van der Waals surface area contributed by atoms with Crippen molar-refractivity contribution in [2.24, 2.45) is 0 Å². The fraction of sp³-hybridized carbons (Fsp3) is 0.412. The predicted octanol–water partition coefficient (Wildman–Crippen LogP) is 4.15. The number of hydrogen-bond acceptors (Lipinski definition) is 4. The molecule has 0 aliphatic carbocycles. The Kier molecular flexibility index (Phi) is 6.84. The average Bonchev–Trinajstić information content (AvgIpc) is 2.55. The van der Waals surface area contributed by atoms with E-state index < -0.39 is 12.7 Å². The lowest BCUT2D eigenvalue weighted by atomic mass is 10.1. The van der Waals surface area contributed by atoms with Gasteiger partial charge in [-0.15, -0.1) is 13.2 Å². The van der Waals surface area contributed by atoms with Gasteiger partial charge in [-0.2, -0.15) is 0 Å². The molecule has 2 atom stereocenters. The van der Waals surface area contributed by atoms with Gasteiger partial charge in [0, 0.05) is 0 Å². The second-order valence-electron chi connectivity index (χ2n) is 4.99. The standard InChI is InChI=1S/C17H19F3O4/c1-2-3-4-5-10-21-16-12-22-15(11-23-16)13-6-8-14(9-7-13)24-17(18,19)20/h2-9,15-16H,10-12H2,1H3/b3-2+,5-4+/t15-,16+/m1/s1. The number of allylic oxidation sites excluding steroid dienone is 3. The van der Waals surface area contributed by atoms with E-state index in [1.54, 1.807) is 0 Å². The molecule has 0 saturated carbocycles. The molecule has 0 spiro atoms. The van der Waals surface area contributed by atoms with E-state index in [4.69, 9.17) is 14.2 Å². The molecule has 24 heavy (non-hydrogen) atoms. The lowest BCUT2D eigenvalue weighted by Gasteiger charge is -2.29. The second-order valence-corrected chi connectivity index (χ2v) is 4.99. The summed E-state index contributed by atoms with van der Waals surface area (Å²) in [5.41, 5.74) is 0.718. The zero-order valence-electron chi connectivity index (χ0n) is 13.2. The van der Waals surface area contributed by atoms with Crippen LogP contribution in [0.1, 0.15) is 18.6 Å². The fourth-order valence-electron chi connectivity index (χ4n) is 2.07. The van der Waals surface area contributed by atoms with E-state index in [2.05, 4.69) is 4.74 Å². The van der Waals surface area contributed by atoms with Crippen LogP contribution in [0.2, 0.25) is 0 Å². The van der Waals surface area contributed by atoms with E-state index in [9.17, 15) is 13.2 Å². The first kappa shape index (κ1) is 18.5. The first-order valence-corrected chi connectivity index (χ1v) is 7.46. The van der Waals surface area contributed by atoms with Crippen LogP contribution in [-0.4, -0.2) is 32.5 Å². The van der Waals surface area contributed by atoms with Gasteiger partial charge in [0.05, 0.1) is 19.8 Å². The highest BCUT2D eigenvalue weighted by atomic mass is 19.4. The summed E-state index contributed by atoms with van der Waals surface area (Å²) in [5.74, 6) is -0.267. The largest absolute Gasteiger partial charge is 0.573 e. The summed E-state index contributed by atoms with van der Waals surface area (Å²) in [4.78, 5) is 0. The van der Waals surface area contributed by atoms with Gasteiger partial charge in [0.15, 0.2) is 6.29 Å². The minimum atomic E-state index is -4.70. The van der Waals surface area contributed by atoms with Crippen molar-refractivity contribution >= 4 is 0 Å². The van der Waals surface area contributed by atoms with E-state index in [1.807, 2.05) is 31.2 Å². The van der Waals surface area contributed by atoms with Gasteiger partial charge >= 0.3 is 6.36 Å². The van der Waals surface area contributed by atoms with Crippen molar-refractivity contribution in [3.8, 4) is 5.75 Å². The molecule has 7 heteroatoms. The molecule has 1 aromatic rings. The van der Waals surface area contributed by atoms with Gasteiger partial charge in [-0.3, -0.25) is 0 Å². The first-order valence-electron chi connectivity index (χ1n) is 7.46. The third-order valence-corrected chi connectivity index (χ3v) is 3.17. The molecule has 0 amide bonds. The van der Waals surface area contributed by atoms with Gasteiger partial charge in [-0.05, 0) is 24.6 Å². The highest BCUT2D eigenvalue weighted by molar-refractivity contribution is 5.29. The van der Waals surface area contributed by atoms with Crippen molar-refractivity contribution in [1.82, 2.24) is 0 Å². The monoisotopic (exact) mass is 344 g/mol. The molecular formula is C17H19F3O4. The molecule has 2 rings (SSSR count). The average molecular weight is 344 g/mol. The van der Waals surface area contributed by atoms with Crippen molar-refractivity contribution in [2.45, 2.75) is 25.7 Å². The maximum Gasteiger partial charge on any atom is 0.573 e. The number of hydrogen-bond donors (Lipinski definition) is 0. The topological polar surface area (TPSA) is 36.9 Å². The normalized spacial score (nSPS) is 22.3. The minimum Gasteiger partial charge on any atom is -0.406 e. The summed E-state index contributed by atoms with van der Waals surface area (Å²) in [6.45, 7) is 2.85. The summed E-state index contributed by atoms with van der Waals surface area (Å²) in [6.07, 6.45) is 2.03. The van der Waals surface area contributed by atoms with Crippen molar-refractivity contribution in [3.63, 3.8) is 0 Å². The Balaban J connectivity index is 1.77. The molecule has 4 nitrogen and oxygen atoms in total. The third-order valence-electron chi connectivity index (χ3n) is 3.17. The van der Waals surface area contributed by atoms with Crippen LogP contribution in [0.5, 0.6) is 5.75 Å². The minimum absolute atomic E-state index is 0.253. The Labute approximate surface area is 138 Å². The van der Waals surface area contributed by atoms with Gasteiger partial charge in [-0.1, -0.05) is 36.4 Å². The van der Waals surface area contributed by atoms with Crippen LogP contribution in [0, 0.1) is 0 Å². The SMILES string of the molecule is C/C=C/C=C/CO[C@@H]1CO[C@@H](c2ccc(OC(F)(F)F)cc2)CO1. The number of benzene rings is 1. The van der Waals surface area contributed by atoms with Gasteiger partial charge in [0.2, 0.25) is 0 Å². The second kappa shape index (κ2) is 8.86. The summed E-state index contributed by atoms with van der Waals surface area (Å²) in [5, 5.41) is 0. The number of halogens is 3. The Morgan fingerprint density at radius 2 is 1.88 bits per heavy atom. The van der Waals surface area contributed by atoms with E-state index in [-0.39, 0.29) is 25.1 Å². The van der Waals surface area contributed by atoms with Crippen molar-refractivity contribution in [2.75, 3.05) is 19.8 Å². The Morgan fingerprint density at radius 1 is 1.12 bits per heavy atom. The van der Waals surface area contributed by atoms with Crippen LogP contribution in [0.4, 0.5) is 13.2 Å². The molecule has 1 aromatic carbocycles. The molecule has 1 aliphatic heterocycles. The van der Waals surface area contributed by atoms with Crippen LogP contribution < -0.4 is 4.74 Å². The zero-order valence-corrected chi connectivity index (χ0v) is 13.2. The van der Waals surface area contributed by atoms with E-state index in [0.717, 1.165) is 5.56 Å². The molecule has 0 N–H and O–H groups in total. The molecule has 132 valence electrons. The van der Waals surface area contributed by atoms with Gasteiger partial charge in [0.25, 0.3) is 0 Å². The highest BCUT2D eigenvalue weighted by Gasteiger charge is 2.31. The molecule has 1 heterocycles. The molecule has 1 aliphatic rings. The molecule has 0 radical (unpaired) electrons. The highest BCUT2D eigenvalue weighted by Crippen LogP contribution is 2.27. The quantitative estimate of drug-likeness (QED) is 0.727. The lowest BCUT2D eigenvalue weighted by molar-refractivity contribution is -0.274. The Bertz CT molecular complexity index is 544. The van der Waals surface area contributed by atoms with E-state index in [1.165, 1.54) is 24.3 Å². The Morgan fingerprint density at radius 3 is 2.46 bits per heavy atom. The van der Waals surface area contributed by atoms with Gasteiger partial charge in [0.1, 0.15) is 11.9 Å². The van der Waals surface area contributed by atoms with E-state index >= 15 is 0 Å². The van der Waals surface area contributed by atoms with Crippen LogP contribution in [0.3, 0.4) is 0 Å². The van der Waals surface area contributed by atoms with Crippen LogP contribution in [0.15, 0.2) is 48.6 Å². The first-order chi connectivity index (χ1) is 11.5. The van der Waals surface area contributed by atoms with Crippen molar-refractivity contribution < 1.29 is 32.1 Å². The number of rotatable bonds is 6. The smallest absolute Gasteiger partial charge is 0.406 e. The lowest BCUT2D eigenvalue weighted by Crippen LogP contribution is -2.33. The Hall–Kier alpha value is -1.83. The molecular weight excluding hydrogens is 325 g/mol. The van der Waals surface area contributed by atoms with Gasteiger partial charge in [-0.25, -0.2) is 0 Å². The summed E-state index contributed by atoms with van der Waals surface area (Å²) >= 11 is 0. The third kappa shape index (κ3) is 6.35. The van der Waals surface area contributed by atoms with Crippen LogP contribution in [-0.2, 0) is 14.2 Å². The molecule has 0 unspecified atom stereocenters. The maximum absolute atomic E-state index is 12.1. The van der Waals surface area contributed by atoms with Crippen molar-refractivity contribution in [1.29, 1.82) is 0 Å². The summed E-state index contributed by atoms with van der Waals surface area (Å²) in [7, 11) is 0. The van der Waals surface area contributed by atoms with E-state index in [0.29, 0.717) is 6.61 Å². The molecule has 0 bridgehead atoms. The number of ether oxygens (including phenoxy) is 4.